The number of anilines is 1. The molecule has 3 rings (SSSR count). The van der Waals surface area contributed by atoms with Crippen LogP contribution in [-0.2, 0) is 0 Å². The van der Waals surface area contributed by atoms with Crippen molar-refractivity contribution in [1.29, 1.82) is 0 Å². The van der Waals surface area contributed by atoms with Crippen LogP contribution in [-0.4, -0.2) is 57.2 Å². The third kappa shape index (κ3) is 2.47. The number of nitrogens with one attached hydrogen (secondary N) is 1. The summed E-state index contributed by atoms with van der Waals surface area (Å²) in [4.78, 5) is 24.6. The van der Waals surface area contributed by atoms with Gasteiger partial charge in [0.2, 0.25) is 5.95 Å². The molecule has 1 fully saturated rings. The second-order valence-electron chi connectivity index (χ2n) is 4.76. The molecule has 104 valence electrons. The first kappa shape index (κ1) is 12.6. The lowest BCUT2D eigenvalue weighted by Gasteiger charge is -2.34. The van der Waals surface area contributed by atoms with E-state index in [0.717, 1.165) is 24.7 Å². The smallest absolute Gasteiger partial charge is 0.274 e. The molecule has 0 saturated carbocycles. The fraction of sp³-hybridized carbons (Fsp3) is 0.385. The summed E-state index contributed by atoms with van der Waals surface area (Å²) in [5, 5.41) is 6.81. The Labute approximate surface area is 116 Å². The minimum absolute atomic E-state index is 0.0250. The maximum Gasteiger partial charge on any atom is 0.274 e. The van der Waals surface area contributed by atoms with Crippen molar-refractivity contribution in [1.82, 2.24) is 25.1 Å². The Morgan fingerprint density at radius 3 is 2.50 bits per heavy atom. The number of hydrogen-bond donors (Lipinski definition) is 1. The summed E-state index contributed by atoms with van der Waals surface area (Å²) in [6.45, 7) is 4.67. The molecule has 0 unspecified atom stereocenters. The van der Waals surface area contributed by atoms with E-state index in [1.165, 1.54) is 0 Å². The summed E-state index contributed by atoms with van der Waals surface area (Å²) >= 11 is 0. The molecule has 0 atom stereocenters. The van der Waals surface area contributed by atoms with E-state index >= 15 is 0 Å². The number of aryl methyl sites for hydroxylation is 1. The number of amides is 1. The second-order valence-corrected chi connectivity index (χ2v) is 4.76. The van der Waals surface area contributed by atoms with Crippen molar-refractivity contribution in [2.24, 2.45) is 0 Å². The molecule has 0 bridgehead atoms. The van der Waals surface area contributed by atoms with Gasteiger partial charge in [-0.3, -0.25) is 9.89 Å². The number of aromatic amines is 1. The molecule has 7 nitrogen and oxygen atoms in total. The Kier molecular flexibility index (Phi) is 3.32. The number of rotatable bonds is 2. The lowest BCUT2D eigenvalue weighted by molar-refractivity contribution is 0.0740. The molecule has 2 aromatic rings. The molecule has 1 aliphatic rings. The molecular formula is C13H16N6O. The van der Waals surface area contributed by atoms with Crippen LogP contribution in [0.15, 0.2) is 24.5 Å². The summed E-state index contributed by atoms with van der Waals surface area (Å²) in [7, 11) is 0. The van der Waals surface area contributed by atoms with Gasteiger partial charge in [0.1, 0.15) is 5.69 Å². The number of carbonyl (C=O) groups excluding carboxylic acids is 1. The molecule has 7 heteroatoms. The standard InChI is InChI=1S/C13H16N6O/c1-10-9-11(17-16-10)12(20)18-5-7-19(8-6-18)13-14-3-2-4-15-13/h2-4,9H,5-8H2,1H3,(H,16,17). The van der Waals surface area contributed by atoms with Crippen molar-refractivity contribution >= 4 is 11.9 Å². The molecular weight excluding hydrogens is 256 g/mol. The van der Waals surface area contributed by atoms with E-state index in [1.54, 1.807) is 24.5 Å². The number of aromatic nitrogens is 4. The molecule has 3 heterocycles. The summed E-state index contributed by atoms with van der Waals surface area (Å²) in [5.41, 5.74) is 1.37. The summed E-state index contributed by atoms with van der Waals surface area (Å²) < 4.78 is 0. The first-order valence-electron chi connectivity index (χ1n) is 6.57. The predicted octanol–water partition coefficient (Wildman–Crippen LogP) is 0.471. The van der Waals surface area contributed by atoms with E-state index in [9.17, 15) is 4.79 Å². The number of carbonyl (C=O) groups is 1. The maximum atomic E-state index is 12.2. The quantitative estimate of drug-likeness (QED) is 0.860. The molecule has 1 saturated heterocycles. The van der Waals surface area contributed by atoms with Crippen LogP contribution in [0.5, 0.6) is 0 Å². The normalized spacial score (nSPS) is 15.4. The van der Waals surface area contributed by atoms with Crippen LogP contribution in [0.25, 0.3) is 0 Å². The SMILES string of the molecule is Cc1cc(C(=O)N2CCN(c3ncccn3)CC2)n[nH]1. The van der Waals surface area contributed by atoms with Gasteiger partial charge >= 0.3 is 0 Å². The molecule has 0 aromatic carbocycles. The monoisotopic (exact) mass is 272 g/mol. The summed E-state index contributed by atoms with van der Waals surface area (Å²) in [6, 6.07) is 3.57. The third-order valence-electron chi connectivity index (χ3n) is 3.33. The van der Waals surface area contributed by atoms with E-state index in [4.69, 9.17) is 0 Å². The zero-order valence-electron chi connectivity index (χ0n) is 11.3. The molecule has 2 aromatic heterocycles. The van der Waals surface area contributed by atoms with E-state index in [0.29, 0.717) is 18.8 Å². The van der Waals surface area contributed by atoms with E-state index in [1.807, 2.05) is 11.8 Å². The van der Waals surface area contributed by atoms with Gasteiger partial charge in [0.25, 0.3) is 5.91 Å². The van der Waals surface area contributed by atoms with Gasteiger partial charge in [-0.25, -0.2) is 9.97 Å². The largest absolute Gasteiger partial charge is 0.337 e. The van der Waals surface area contributed by atoms with Gasteiger partial charge < -0.3 is 9.80 Å². The number of H-pyrrole nitrogens is 1. The van der Waals surface area contributed by atoms with E-state index in [2.05, 4.69) is 25.1 Å². The molecule has 0 aliphatic carbocycles. The summed E-state index contributed by atoms with van der Waals surface area (Å²) in [5.74, 6) is 0.693. The maximum absolute atomic E-state index is 12.2. The fourth-order valence-electron chi connectivity index (χ4n) is 2.25. The Morgan fingerprint density at radius 2 is 1.90 bits per heavy atom. The van der Waals surface area contributed by atoms with E-state index < -0.39 is 0 Å². The molecule has 1 N–H and O–H groups in total. The second kappa shape index (κ2) is 5.28. The van der Waals surface area contributed by atoms with Gasteiger partial charge in [0.15, 0.2) is 0 Å². The van der Waals surface area contributed by atoms with Crippen LogP contribution >= 0.6 is 0 Å². The predicted molar refractivity (Wildman–Crippen MR) is 73.5 cm³/mol. The summed E-state index contributed by atoms with van der Waals surface area (Å²) in [6.07, 6.45) is 3.46. The molecule has 0 radical (unpaired) electrons. The van der Waals surface area contributed by atoms with Crippen LogP contribution < -0.4 is 4.90 Å². The lowest BCUT2D eigenvalue weighted by atomic mass is 10.2. The molecule has 1 aliphatic heterocycles. The number of hydrogen-bond acceptors (Lipinski definition) is 5. The average molecular weight is 272 g/mol. The van der Waals surface area contributed by atoms with Crippen molar-refractivity contribution < 1.29 is 4.79 Å². The van der Waals surface area contributed by atoms with Crippen LogP contribution in [0.4, 0.5) is 5.95 Å². The Balaban J connectivity index is 1.63. The minimum atomic E-state index is -0.0250. The Hall–Kier alpha value is -2.44. The zero-order valence-corrected chi connectivity index (χ0v) is 11.3. The van der Waals surface area contributed by atoms with Gasteiger partial charge in [-0.05, 0) is 19.1 Å². The molecule has 20 heavy (non-hydrogen) atoms. The lowest BCUT2D eigenvalue weighted by Crippen LogP contribution is -2.49. The van der Waals surface area contributed by atoms with Crippen LogP contribution in [0, 0.1) is 6.92 Å². The van der Waals surface area contributed by atoms with E-state index in [-0.39, 0.29) is 5.91 Å². The van der Waals surface area contributed by atoms with Crippen molar-refractivity contribution in [3.8, 4) is 0 Å². The van der Waals surface area contributed by atoms with Gasteiger partial charge in [-0.2, -0.15) is 5.10 Å². The number of piperazine rings is 1. The minimum Gasteiger partial charge on any atom is -0.337 e. The highest BCUT2D eigenvalue weighted by molar-refractivity contribution is 5.92. The highest BCUT2D eigenvalue weighted by atomic mass is 16.2. The van der Waals surface area contributed by atoms with Gasteiger partial charge in [-0.1, -0.05) is 0 Å². The average Bonchev–Trinajstić information content (AvgIpc) is 2.94. The van der Waals surface area contributed by atoms with Crippen LogP contribution in [0.1, 0.15) is 16.2 Å². The number of nitrogens with zero attached hydrogens (tertiary/aromatic N) is 5. The van der Waals surface area contributed by atoms with Crippen molar-refractivity contribution in [2.75, 3.05) is 31.1 Å². The van der Waals surface area contributed by atoms with Crippen LogP contribution in [0.2, 0.25) is 0 Å². The molecule has 0 spiro atoms. The van der Waals surface area contributed by atoms with Crippen molar-refractivity contribution in [3.05, 3.63) is 35.9 Å². The fourth-order valence-corrected chi connectivity index (χ4v) is 2.25. The Morgan fingerprint density at radius 1 is 1.20 bits per heavy atom. The van der Waals surface area contributed by atoms with Gasteiger partial charge in [0.05, 0.1) is 0 Å². The third-order valence-corrected chi connectivity index (χ3v) is 3.33. The van der Waals surface area contributed by atoms with Crippen molar-refractivity contribution in [3.63, 3.8) is 0 Å². The highest BCUT2D eigenvalue weighted by Crippen LogP contribution is 2.12. The van der Waals surface area contributed by atoms with Gasteiger partial charge in [0, 0.05) is 44.3 Å². The first-order valence-corrected chi connectivity index (χ1v) is 6.57. The highest BCUT2D eigenvalue weighted by Gasteiger charge is 2.24. The Bertz CT molecular complexity index is 588. The van der Waals surface area contributed by atoms with Gasteiger partial charge in [-0.15, -0.1) is 0 Å². The topological polar surface area (TPSA) is 78.0 Å². The van der Waals surface area contributed by atoms with Crippen LogP contribution in [0.3, 0.4) is 0 Å². The molecule has 1 amide bonds. The van der Waals surface area contributed by atoms with Crippen molar-refractivity contribution in [2.45, 2.75) is 6.92 Å². The first-order chi connectivity index (χ1) is 9.74. The zero-order chi connectivity index (χ0) is 13.9.